The average Bonchev–Trinajstić information content (AvgIpc) is 2.57. The van der Waals surface area contributed by atoms with Crippen molar-refractivity contribution in [2.24, 2.45) is 11.3 Å². The number of hydrogen-bond donors (Lipinski definition) is 1. The van der Waals surface area contributed by atoms with Gasteiger partial charge in [-0.3, -0.25) is 9.59 Å². The first kappa shape index (κ1) is 13.6. The van der Waals surface area contributed by atoms with E-state index in [2.05, 4.69) is 32.0 Å². The van der Waals surface area contributed by atoms with Crippen LogP contribution in [0.15, 0.2) is 0 Å². The van der Waals surface area contributed by atoms with E-state index >= 15 is 0 Å². The molecule has 17 heavy (non-hydrogen) atoms. The molecule has 0 bridgehead atoms. The van der Waals surface area contributed by atoms with Crippen LogP contribution in [-0.2, 0) is 9.59 Å². The van der Waals surface area contributed by atoms with Crippen LogP contribution in [-0.4, -0.2) is 36.3 Å². The summed E-state index contributed by atoms with van der Waals surface area (Å²) in [6, 6.07) is 0. The maximum atomic E-state index is 11.7. The van der Waals surface area contributed by atoms with E-state index < -0.39 is 0 Å². The van der Waals surface area contributed by atoms with Gasteiger partial charge in [0, 0.05) is 13.0 Å². The van der Waals surface area contributed by atoms with Crippen LogP contribution in [0, 0.1) is 23.7 Å². The third-order valence-corrected chi connectivity index (χ3v) is 3.16. The second kappa shape index (κ2) is 5.22. The molecule has 0 aromatic rings. The molecule has 1 heterocycles. The molecule has 1 aliphatic rings. The molecule has 1 N–H and O–H groups in total. The minimum Gasteiger partial charge on any atom is -0.344 e. The van der Waals surface area contributed by atoms with Crippen LogP contribution in [0.3, 0.4) is 0 Å². The first-order valence-corrected chi connectivity index (χ1v) is 5.82. The summed E-state index contributed by atoms with van der Waals surface area (Å²) in [7, 11) is 0. The first-order chi connectivity index (χ1) is 7.84. The Kier molecular flexibility index (Phi) is 4.17. The van der Waals surface area contributed by atoms with E-state index in [1.54, 1.807) is 4.90 Å². The number of terminal acetylenes is 1. The molecule has 4 nitrogen and oxygen atoms in total. The van der Waals surface area contributed by atoms with Gasteiger partial charge in [0.1, 0.15) is 0 Å². The van der Waals surface area contributed by atoms with Crippen molar-refractivity contribution in [2.45, 2.75) is 27.2 Å². The highest BCUT2D eigenvalue weighted by atomic mass is 16.2. The Morgan fingerprint density at radius 3 is 2.71 bits per heavy atom. The largest absolute Gasteiger partial charge is 0.344 e. The average molecular weight is 236 g/mol. The summed E-state index contributed by atoms with van der Waals surface area (Å²) in [6.07, 6.45) is 5.58. The molecule has 0 spiro atoms. The molecule has 2 amide bonds. The topological polar surface area (TPSA) is 49.4 Å². The SMILES string of the molecule is C#CCNC(=O)CN1CC(C(C)(C)C)CC1=O. The predicted molar refractivity (Wildman–Crippen MR) is 66.0 cm³/mol. The van der Waals surface area contributed by atoms with Crippen molar-refractivity contribution < 1.29 is 9.59 Å². The van der Waals surface area contributed by atoms with Gasteiger partial charge in [-0.15, -0.1) is 6.42 Å². The minimum absolute atomic E-state index is 0.0563. The second-order valence-electron chi connectivity index (χ2n) is 5.52. The summed E-state index contributed by atoms with van der Waals surface area (Å²) < 4.78 is 0. The zero-order chi connectivity index (χ0) is 13.1. The summed E-state index contributed by atoms with van der Waals surface area (Å²) in [5.41, 5.74) is 0.0969. The summed E-state index contributed by atoms with van der Waals surface area (Å²) >= 11 is 0. The molecule has 0 aromatic carbocycles. The van der Waals surface area contributed by atoms with Crippen molar-refractivity contribution >= 4 is 11.8 Å². The number of amides is 2. The molecule has 94 valence electrons. The van der Waals surface area contributed by atoms with E-state index in [4.69, 9.17) is 6.42 Å². The van der Waals surface area contributed by atoms with Gasteiger partial charge in [-0.1, -0.05) is 26.7 Å². The molecular formula is C13H20N2O2. The molecule has 1 atom stereocenters. The zero-order valence-electron chi connectivity index (χ0n) is 10.7. The maximum absolute atomic E-state index is 11.7. The molecule has 0 aliphatic carbocycles. The molecule has 1 unspecified atom stereocenters. The van der Waals surface area contributed by atoms with Gasteiger partial charge in [0.05, 0.1) is 13.1 Å². The number of carbonyl (C=O) groups is 2. The summed E-state index contributed by atoms with van der Waals surface area (Å²) in [5.74, 6) is 2.51. The molecule has 4 heteroatoms. The number of likely N-dealkylation sites (tertiary alicyclic amines) is 1. The van der Waals surface area contributed by atoms with Gasteiger partial charge in [-0.25, -0.2) is 0 Å². The lowest BCUT2D eigenvalue weighted by atomic mass is 9.80. The van der Waals surface area contributed by atoms with Crippen molar-refractivity contribution in [3.05, 3.63) is 0 Å². The Hall–Kier alpha value is -1.50. The molecular weight excluding hydrogens is 216 g/mol. The standard InChI is InChI=1S/C13H20N2O2/c1-5-6-14-11(16)9-15-8-10(7-12(15)17)13(2,3)4/h1,10H,6-9H2,2-4H3,(H,14,16). The third kappa shape index (κ3) is 3.77. The van der Waals surface area contributed by atoms with Gasteiger partial charge in [0.15, 0.2) is 0 Å². The van der Waals surface area contributed by atoms with E-state index in [-0.39, 0.29) is 30.3 Å². The highest BCUT2D eigenvalue weighted by Gasteiger charge is 2.37. The van der Waals surface area contributed by atoms with Crippen LogP contribution in [0.1, 0.15) is 27.2 Å². The van der Waals surface area contributed by atoms with E-state index in [1.165, 1.54) is 0 Å². The molecule has 1 saturated heterocycles. The predicted octanol–water partition coefficient (Wildman–Crippen LogP) is 0.630. The van der Waals surface area contributed by atoms with Crippen LogP contribution >= 0.6 is 0 Å². The first-order valence-electron chi connectivity index (χ1n) is 5.82. The molecule has 0 saturated carbocycles. The number of nitrogens with zero attached hydrogens (tertiary/aromatic N) is 1. The fourth-order valence-corrected chi connectivity index (χ4v) is 1.88. The van der Waals surface area contributed by atoms with Crippen molar-refractivity contribution in [1.82, 2.24) is 10.2 Å². The molecule has 0 aromatic heterocycles. The lowest BCUT2D eigenvalue weighted by molar-refractivity contribution is -0.132. The maximum Gasteiger partial charge on any atom is 0.240 e. The quantitative estimate of drug-likeness (QED) is 0.731. The van der Waals surface area contributed by atoms with E-state index in [1.807, 2.05) is 0 Å². The second-order valence-corrected chi connectivity index (χ2v) is 5.52. The van der Waals surface area contributed by atoms with Gasteiger partial charge in [0.25, 0.3) is 0 Å². The van der Waals surface area contributed by atoms with Crippen molar-refractivity contribution in [3.63, 3.8) is 0 Å². The smallest absolute Gasteiger partial charge is 0.240 e. The fraction of sp³-hybridized carbons (Fsp3) is 0.692. The molecule has 0 radical (unpaired) electrons. The minimum atomic E-state index is -0.189. The van der Waals surface area contributed by atoms with Crippen molar-refractivity contribution in [1.29, 1.82) is 0 Å². The Labute approximate surface area is 103 Å². The van der Waals surface area contributed by atoms with Crippen LogP contribution in [0.25, 0.3) is 0 Å². The number of hydrogen-bond acceptors (Lipinski definition) is 2. The molecule has 1 rings (SSSR count). The van der Waals surface area contributed by atoms with E-state index in [9.17, 15) is 9.59 Å². The summed E-state index contributed by atoms with van der Waals surface area (Å²) in [6.45, 7) is 7.34. The molecule has 1 aliphatic heterocycles. The summed E-state index contributed by atoms with van der Waals surface area (Å²) in [5, 5.41) is 2.56. The number of nitrogens with one attached hydrogen (secondary N) is 1. The van der Waals surface area contributed by atoms with Crippen LogP contribution < -0.4 is 5.32 Å². The molecule has 1 fully saturated rings. The normalized spacial score (nSPS) is 20.2. The number of rotatable bonds is 3. The Morgan fingerprint density at radius 1 is 1.59 bits per heavy atom. The fourth-order valence-electron chi connectivity index (χ4n) is 1.88. The highest BCUT2D eigenvalue weighted by molar-refractivity contribution is 5.86. The van der Waals surface area contributed by atoms with E-state index in [0.717, 1.165) is 0 Å². The van der Waals surface area contributed by atoms with Crippen LogP contribution in [0.2, 0.25) is 0 Å². The van der Waals surface area contributed by atoms with Gasteiger partial charge in [0.2, 0.25) is 11.8 Å². The van der Waals surface area contributed by atoms with Gasteiger partial charge < -0.3 is 10.2 Å². The van der Waals surface area contributed by atoms with E-state index in [0.29, 0.717) is 18.9 Å². The summed E-state index contributed by atoms with van der Waals surface area (Å²) in [4.78, 5) is 24.8. The number of carbonyl (C=O) groups excluding carboxylic acids is 2. The Morgan fingerprint density at radius 2 is 2.24 bits per heavy atom. The van der Waals surface area contributed by atoms with Gasteiger partial charge >= 0.3 is 0 Å². The highest BCUT2D eigenvalue weighted by Crippen LogP contribution is 2.33. The Balaban J connectivity index is 2.49. The van der Waals surface area contributed by atoms with Crippen molar-refractivity contribution in [3.8, 4) is 12.3 Å². The van der Waals surface area contributed by atoms with Crippen LogP contribution in [0.4, 0.5) is 0 Å². The zero-order valence-corrected chi connectivity index (χ0v) is 10.7. The lowest BCUT2D eigenvalue weighted by Gasteiger charge is -2.26. The monoisotopic (exact) mass is 236 g/mol. The third-order valence-electron chi connectivity index (χ3n) is 3.16. The van der Waals surface area contributed by atoms with Gasteiger partial charge in [-0.05, 0) is 11.3 Å². The lowest BCUT2D eigenvalue weighted by Crippen LogP contribution is -2.38. The Bertz CT molecular complexity index is 349. The van der Waals surface area contributed by atoms with Gasteiger partial charge in [-0.2, -0.15) is 0 Å². The van der Waals surface area contributed by atoms with Crippen LogP contribution in [0.5, 0.6) is 0 Å². The van der Waals surface area contributed by atoms with Crippen molar-refractivity contribution in [2.75, 3.05) is 19.6 Å².